The number of methoxy groups -OCH3 is 1. The van der Waals surface area contributed by atoms with Gasteiger partial charge in [-0.2, -0.15) is 0 Å². The van der Waals surface area contributed by atoms with Crippen LogP contribution in [0.15, 0.2) is 60.1 Å². The minimum absolute atomic E-state index is 0.465. The van der Waals surface area contributed by atoms with Gasteiger partial charge in [0.05, 0.1) is 12.8 Å². The van der Waals surface area contributed by atoms with Crippen molar-refractivity contribution in [2.45, 2.75) is 26.8 Å². The van der Waals surface area contributed by atoms with Gasteiger partial charge in [-0.3, -0.25) is 0 Å². The summed E-state index contributed by atoms with van der Waals surface area (Å²) in [5.74, 6) is 9.11. The molecule has 0 spiro atoms. The SMILES string of the molecule is C#CC.C/C=C(\C=C/CCN(N)/C(=C\N)CNCc1ccc(B(O)O)cc1)OC. The minimum Gasteiger partial charge on any atom is -0.497 e. The number of nitrogens with two attached hydrogens (primary N) is 2. The second-order valence-electron chi connectivity index (χ2n) is 5.95. The fourth-order valence-corrected chi connectivity index (χ4v) is 2.24. The van der Waals surface area contributed by atoms with E-state index in [1.165, 1.54) is 6.20 Å². The van der Waals surface area contributed by atoms with Crippen molar-refractivity contribution in [2.75, 3.05) is 20.2 Å². The molecule has 158 valence electrons. The van der Waals surface area contributed by atoms with Crippen LogP contribution in [0.5, 0.6) is 0 Å². The van der Waals surface area contributed by atoms with E-state index in [1.54, 1.807) is 31.2 Å². The Balaban J connectivity index is 0.00000245. The highest BCUT2D eigenvalue weighted by atomic mass is 16.5. The third-order valence-electron chi connectivity index (χ3n) is 3.81. The van der Waals surface area contributed by atoms with Gasteiger partial charge in [0, 0.05) is 25.8 Å². The molecule has 0 saturated heterocycles. The lowest BCUT2D eigenvalue weighted by molar-refractivity contribution is 0.305. The molecule has 1 rings (SSSR count). The normalized spacial score (nSPS) is 11.5. The molecule has 1 aromatic rings. The number of nitrogens with zero attached hydrogens (tertiary/aromatic N) is 1. The zero-order chi connectivity index (χ0) is 22.1. The lowest BCUT2D eigenvalue weighted by atomic mass is 9.80. The summed E-state index contributed by atoms with van der Waals surface area (Å²) in [6.45, 7) is 5.34. The van der Waals surface area contributed by atoms with Crippen molar-refractivity contribution in [3.63, 3.8) is 0 Å². The summed E-state index contributed by atoms with van der Waals surface area (Å²) in [6.07, 6.45) is 12.6. The Morgan fingerprint density at radius 2 is 1.97 bits per heavy atom. The van der Waals surface area contributed by atoms with Crippen LogP contribution in [0.25, 0.3) is 0 Å². The molecule has 29 heavy (non-hydrogen) atoms. The molecule has 7 nitrogen and oxygen atoms in total. The lowest BCUT2D eigenvalue weighted by Gasteiger charge is -2.21. The lowest BCUT2D eigenvalue weighted by Crippen LogP contribution is -2.36. The van der Waals surface area contributed by atoms with Crippen molar-refractivity contribution in [3.05, 3.63) is 65.7 Å². The summed E-state index contributed by atoms with van der Waals surface area (Å²) >= 11 is 0. The fourth-order valence-electron chi connectivity index (χ4n) is 2.24. The number of rotatable bonds is 11. The maximum Gasteiger partial charge on any atom is 0.488 e. The Hall–Kier alpha value is -2.70. The molecule has 0 bridgehead atoms. The number of allylic oxidation sites excluding steroid dienone is 2. The Morgan fingerprint density at radius 1 is 1.34 bits per heavy atom. The van der Waals surface area contributed by atoms with Gasteiger partial charge < -0.3 is 30.8 Å². The monoisotopic (exact) mass is 400 g/mol. The summed E-state index contributed by atoms with van der Waals surface area (Å²) in [7, 11) is 0.186. The van der Waals surface area contributed by atoms with Crippen molar-refractivity contribution >= 4 is 12.6 Å². The maximum absolute atomic E-state index is 9.09. The molecule has 0 atom stereocenters. The van der Waals surface area contributed by atoms with Gasteiger partial charge in [0.25, 0.3) is 0 Å². The first-order valence-electron chi connectivity index (χ1n) is 9.26. The fraction of sp³-hybridized carbons (Fsp3) is 0.333. The summed E-state index contributed by atoms with van der Waals surface area (Å²) in [5, 5.41) is 23.1. The van der Waals surface area contributed by atoms with E-state index in [9.17, 15) is 0 Å². The van der Waals surface area contributed by atoms with Crippen molar-refractivity contribution in [2.24, 2.45) is 11.6 Å². The highest BCUT2D eigenvalue weighted by Crippen LogP contribution is 2.02. The van der Waals surface area contributed by atoms with E-state index in [0.29, 0.717) is 25.1 Å². The Labute approximate surface area is 174 Å². The molecular formula is C21H33BN4O3. The summed E-state index contributed by atoms with van der Waals surface area (Å²) < 4.78 is 5.15. The molecule has 7 N–H and O–H groups in total. The highest BCUT2D eigenvalue weighted by Gasteiger charge is 2.09. The largest absolute Gasteiger partial charge is 0.497 e. The van der Waals surface area contributed by atoms with Gasteiger partial charge in [0.15, 0.2) is 0 Å². The molecular weight excluding hydrogens is 367 g/mol. The molecule has 0 aliphatic carbocycles. The number of terminal acetylenes is 1. The molecule has 0 fully saturated rings. The number of hydrazine groups is 1. The molecule has 0 aliphatic rings. The van der Waals surface area contributed by atoms with E-state index in [0.717, 1.165) is 23.4 Å². The van der Waals surface area contributed by atoms with Crippen LogP contribution in [0.3, 0.4) is 0 Å². The number of benzene rings is 1. The van der Waals surface area contributed by atoms with E-state index in [4.69, 9.17) is 26.4 Å². The second kappa shape index (κ2) is 16.3. The van der Waals surface area contributed by atoms with Crippen LogP contribution >= 0.6 is 0 Å². The summed E-state index contributed by atoms with van der Waals surface area (Å²) in [4.78, 5) is 0. The van der Waals surface area contributed by atoms with Crippen LogP contribution in [0.2, 0.25) is 0 Å². The van der Waals surface area contributed by atoms with Crippen LogP contribution < -0.4 is 22.4 Å². The molecule has 1 aromatic carbocycles. The molecule has 0 saturated carbocycles. The average Bonchev–Trinajstić information content (AvgIpc) is 2.72. The smallest absolute Gasteiger partial charge is 0.488 e. The zero-order valence-corrected chi connectivity index (χ0v) is 17.5. The Bertz CT molecular complexity index is 695. The van der Waals surface area contributed by atoms with E-state index >= 15 is 0 Å². The third kappa shape index (κ3) is 11.7. The highest BCUT2D eigenvalue weighted by molar-refractivity contribution is 6.58. The Morgan fingerprint density at radius 3 is 2.45 bits per heavy atom. The van der Waals surface area contributed by atoms with Crippen LogP contribution in [-0.4, -0.2) is 42.4 Å². The van der Waals surface area contributed by atoms with Crippen LogP contribution in [0.4, 0.5) is 0 Å². The minimum atomic E-state index is -1.45. The standard InChI is InChI=1S/C18H29BN4O3.C3H4/c1-3-18(26-2)6-4-5-11-23(21)17(12-20)14-22-13-15-7-9-16(10-8-15)19(24)25;1-3-2/h3-4,6-10,12,22,24-25H,5,11,13-14,20-21H2,1-2H3;1H,2H3/b6-4-,17-12-,18-3+;. The summed E-state index contributed by atoms with van der Waals surface area (Å²) in [5.41, 5.74) is 7.95. The first-order valence-corrected chi connectivity index (χ1v) is 9.26. The van der Waals surface area contributed by atoms with Gasteiger partial charge in [-0.1, -0.05) is 30.3 Å². The van der Waals surface area contributed by atoms with Crippen molar-refractivity contribution in [1.29, 1.82) is 0 Å². The quantitative estimate of drug-likeness (QED) is 0.0921. The average molecular weight is 400 g/mol. The first-order chi connectivity index (χ1) is 13.9. The van der Waals surface area contributed by atoms with Crippen LogP contribution in [-0.2, 0) is 11.3 Å². The van der Waals surface area contributed by atoms with E-state index < -0.39 is 7.12 Å². The van der Waals surface area contributed by atoms with Crippen molar-refractivity contribution in [1.82, 2.24) is 10.3 Å². The van der Waals surface area contributed by atoms with Crippen LogP contribution in [0.1, 0.15) is 25.8 Å². The van der Waals surface area contributed by atoms with Gasteiger partial charge in [-0.05, 0) is 43.4 Å². The predicted octanol–water partition coefficient (Wildman–Crippen LogP) is 0.568. The zero-order valence-electron chi connectivity index (χ0n) is 17.5. The number of hydrogen-bond donors (Lipinski definition) is 5. The molecule has 0 amide bonds. The molecule has 0 heterocycles. The van der Waals surface area contributed by atoms with Gasteiger partial charge >= 0.3 is 7.12 Å². The first kappa shape index (κ1) is 26.3. The number of hydrogen-bond acceptors (Lipinski definition) is 7. The molecule has 0 unspecified atom stereocenters. The maximum atomic E-state index is 9.09. The van der Waals surface area contributed by atoms with Crippen molar-refractivity contribution < 1.29 is 14.8 Å². The molecule has 0 radical (unpaired) electrons. The topological polar surface area (TPSA) is 117 Å². The molecule has 0 aromatic heterocycles. The number of ether oxygens (including phenoxy) is 1. The summed E-state index contributed by atoms with van der Waals surface area (Å²) in [6, 6.07) is 7.05. The van der Waals surface area contributed by atoms with Gasteiger partial charge in [-0.25, -0.2) is 5.84 Å². The van der Waals surface area contributed by atoms with Crippen LogP contribution in [0, 0.1) is 12.3 Å². The van der Waals surface area contributed by atoms with Gasteiger partial charge in [-0.15, -0.1) is 12.3 Å². The Kier molecular flexibility index (Phi) is 14.8. The number of nitrogens with one attached hydrogen (secondary N) is 1. The molecule has 0 aliphatic heterocycles. The molecule has 8 heteroatoms. The van der Waals surface area contributed by atoms with Gasteiger partial charge in [0.2, 0.25) is 0 Å². The van der Waals surface area contributed by atoms with Crippen molar-refractivity contribution in [3.8, 4) is 12.3 Å². The third-order valence-corrected chi connectivity index (χ3v) is 3.81. The van der Waals surface area contributed by atoms with E-state index in [2.05, 4.69) is 17.7 Å². The second-order valence-corrected chi connectivity index (χ2v) is 5.95. The van der Waals surface area contributed by atoms with Gasteiger partial charge in [0.1, 0.15) is 5.76 Å². The predicted molar refractivity (Wildman–Crippen MR) is 120 cm³/mol. The van der Waals surface area contributed by atoms with E-state index in [-0.39, 0.29) is 0 Å². The van der Waals surface area contributed by atoms with E-state index in [1.807, 2.05) is 37.3 Å².